The first-order valence-corrected chi connectivity index (χ1v) is 8.04. The largest absolute Gasteiger partial charge is 0.487 e. The predicted octanol–water partition coefficient (Wildman–Crippen LogP) is 3.76. The molecule has 0 amide bonds. The number of rotatable bonds is 6. The number of benzene rings is 1. The lowest BCUT2D eigenvalue weighted by atomic mass is 10.2. The molecule has 0 bridgehead atoms. The first kappa shape index (κ1) is 16.2. The standard InChI is InChI=1S/C14H23O4P/c1-6-16-19(15,17-7-2)13-11-9-8-10-12(13)18-14(3,4)5/h8-11H,6-7H2,1-5H3. The molecule has 0 saturated carbocycles. The zero-order chi connectivity index (χ0) is 14.5. The molecule has 5 heteroatoms. The van der Waals surface area contributed by atoms with Crippen LogP contribution in [0.25, 0.3) is 0 Å². The number of hydrogen-bond donors (Lipinski definition) is 0. The van der Waals surface area contributed by atoms with E-state index in [9.17, 15) is 4.57 Å². The van der Waals surface area contributed by atoms with Crippen LogP contribution < -0.4 is 10.0 Å². The van der Waals surface area contributed by atoms with E-state index >= 15 is 0 Å². The highest BCUT2D eigenvalue weighted by Gasteiger charge is 2.31. The SMILES string of the molecule is CCOP(=O)(OCC)c1ccccc1OC(C)(C)C. The summed E-state index contributed by atoms with van der Waals surface area (Å²) in [4.78, 5) is 0. The van der Waals surface area contributed by atoms with Crippen LogP contribution in [0.3, 0.4) is 0 Å². The van der Waals surface area contributed by atoms with E-state index in [0.29, 0.717) is 24.3 Å². The van der Waals surface area contributed by atoms with Crippen LogP contribution in [0.5, 0.6) is 5.75 Å². The zero-order valence-corrected chi connectivity index (χ0v) is 13.2. The normalized spacial score (nSPS) is 12.5. The van der Waals surface area contributed by atoms with Crippen molar-refractivity contribution in [3.63, 3.8) is 0 Å². The minimum absolute atomic E-state index is 0.321. The van der Waals surface area contributed by atoms with Gasteiger partial charge >= 0.3 is 7.60 Å². The Morgan fingerprint density at radius 1 is 1.05 bits per heavy atom. The van der Waals surface area contributed by atoms with Crippen LogP contribution in [0, 0.1) is 0 Å². The third kappa shape index (κ3) is 4.64. The molecule has 0 aromatic heterocycles. The summed E-state index contributed by atoms with van der Waals surface area (Å²) in [5.74, 6) is 0.542. The van der Waals surface area contributed by atoms with Gasteiger partial charge in [0.15, 0.2) is 0 Å². The van der Waals surface area contributed by atoms with Gasteiger partial charge in [-0.3, -0.25) is 4.57 Å². The van der Waals surface area contributed by atoms with Crippen molar-refractivity contribution in [2.24, 2.45) is 0 Å². The fourth-order valence-corrected chi connectivity index (χ4v) is 3.31. The third-order valence-electron chi connectivity index (χ3n) is 2.17. The highest BCUT2D eigenvalue weighted by atomic mass is 31.2. The molecular formula is C14H23O4P. The molecule has 0 unspecified atom stereocenters. The second-order valence-corrected chi connectivity index (χ2v) is 7.01. The molecule has 1 aromatic rings. The van der Waals surface area contributed by atoms with Crippen molar-refractivity contribution in [3.8, 4) is 5.75 Å². The van der Waals surface area contributed by atoms with Crippen LogP contribution in [-0.4, -0.2) is 18.8 Å². The molecule has 19 heavy (non-hydrogen) atoms. The maximum atomic E-state index is 12.8. The van der Waals surface area contributed by atoms with Gasteiger partial charge in [-0.15, -0.1) is 0 Å². The van der Waals surface area contributed by atoms with E-state index in [1.165, 1.54) is 0 Å². The van der Waals surface area contributed by atoms with Gasteiger partial charge in [-0.25, -0.2) is 0 Å². The quantitative estimate of drug-likeness (QED) is 0.747. The van der Waals surface area contributed by atoms with Crippen molar-refractivity contribution in [3.05, 3.63) is 24.3 Å². The first-order chi connectivity index (χ1) is 8.82. The van der Waals surface area contributed by atoms with E-state index in [-0.39, 0.29) is 5.60 Å². The highest BCUT2D eigenvalue weighted by molar-refractivity contribution is 7.62. The number of ether oxygens (including phenoxy) is 1. The molecule has 1 aromatic carbocycles. The maximum Gasteiger partial charge on any atom is 0.365 e. The van der Waals surface area contributed by atoms with Gasteiger partial charge < -0.3 is 13.8 Å². The Morgan fingerprint density at radius 3 is 2.05 bits per heavy atom. The van der Waals surface area contributed by atoms with Crippen molar-refractivity contribution < 1.29 is 18.3 Å². The van der Waals surface area contributed by atoms with Gasteiger partial charge in [-0.05, 0) is 46.8 Å². The average molecular weight is 286 g/mol. The van der Waals surface area contributed by atoms with Crippen molar-refractivity contribution in [2.75, 3.05) is 13.2 Å². The lowest BCUT2D eigenvalue weighted by Gasteiger charge is -2.25. The lowest BCUT2D eigenvalue weighted by Crippen LogP contribution is -2.26. The topological polar surface area (TPSA) is 44.8 Å². The summed E-state index contributed by atoms with van der Waals surface area (Å²) < 4.78 is 29.4. The Balaban J connectivity index is 3.20. The molecule has 0 saturated heterocycles. The molecule has 0 aliphatic carbocycles. The summed E-state index contributed by atoms with van der Waals surface area (Å²) in [6, 6.07) is 7.15. The second-order valence-electron chi connectivity index (χ2n) is 5.02. The summed E-state index contributed by atoms with van der Waals surface area (Å²) in [6.07, 6.45) is 0. The molecule has 0 radical (unpaired) electrons. The van der Waals surface area contributed by atoms with Crippen LogP contribution in [0.2, 0.25) is 0 Å². The van der Waals surface area contributed by atoms with Crippen LogP contribution in [0.4, 0.5) is 0 Å². The Labute approximate surface area is 115 Å². The molecule has 108 valence electrons. The zero-order valence-electron chi connectivity index (χ0n) is 12.3. The van der Waals surface area contributed by atoms with E-state index in [1.54, 1.807) is 32.0 Å². The van der Waals surface area contributed by atoms with Crippen LogP contribution >= 0.6 is 7.60 Å². The molecule has 0 spiro atoms. The summed E-state index contributed by atoms with van der Waals surface area (Å²) in [6.45, 7) is 10.0. The Hall–Kier alpha value is -0.830. The summed E-state index contributed by atoms with van der Waals surface area (Å²) in [7, 11) is -3.32. The van der Waals surface area contributed by atoms with Crippen molar-refractivity contribution in [2.45, 2.75) is 40.2 Å². The van der Waals surface area contributed by atoms with Crippen LogP contribution in [0.15, 0.2) is 24.3 Å². The monoisotopic (exact) mass is 286 g/mol. The second kappa shape index (κ2) is 6.56. The van der Waals surface area contributed by atoms with Crippen LogP contribution in [0.1, 0.15) is 34.6 Å². The molecule has 0 fully saturated rings. The molecule has 0 atom stereocenters. The minimum atomic E-state index is -3.32. The Morgan fingerprint density at radius 2 is 1.58 bits per heavy atom. The fraction of sp³-hybridized carbons (Fsp3) is 0.571. The van der Waals surface area contributed by atoms with Crippen molar-refractivity contribution in [1.82, 2.24) is 0 Å². The minimum Gasteiger partial charge on any atom is -0.487 e. The lowest BCUT2D eigenvalue weighted by molar-refractivity contribution is 0.131. The number of hydrogen-bond acceptors (Lipinski definition) is 4. The fourth-order valence-electron chi connectivity index (χ4n) is 1.62. The van der Waals surface area contributed by atoms with Gasteiger partial charge in [0.2, 0.25) is 0 Å². The first-order valence-electron chi connectivity index (χ1n) is 6.50. The van der Waals surface area contributed by atoms with Crippen molar-refractivity contribution >= 4 is 12.9 Å². The molecule has 0 aliphatic rings. The van der Waals surface area contributed by atoms with Crippen LogP contribution in [-0.2, 0) is 13.6 Å². The van der Waals surface area contributed by atoms with Crippen molar-refractivity contribution in [1.29, 1.82) is 0 Å². The van der Waals surface area contributed by atoms with E-state index in [2.05, 4.69) is 0 Å². The van der Waals surface area contributed by atoms with E-state index in [1.807, 2.05) is 26.8 Å². The maximum absolute atomic E-state index is 12.8. The average Bonchev–Trinajstić information content (AvgIpc) is 2.28. The Kier molecular flexibility index (Phi) is 5.60. The van der Waals surface area contributed by atoms with Gasteiger partial charge in [0.05, 0.1) is 13.2 Å². The highest BCUT2D eigenvalue weighted by Crippen LogP contribution is 2.49. The molecule has 4 nitrogen and oxygen atoms in total. The smallest absolute Gasteiger partial charge is 0.365 e. The van der Waals surface area contributed by atoms with Gasteiger partial charge in [0.25, 0.3) is 0 Å². The molecule has 0 N–H and O–H groups in total. The summed E-state index contributed by atoms with van der Waals surface area (Å²) in [5, 5.41) is 0.480. The van der Waals surface area contributed by atoms with E-state index in [4.69, 9.17) is 13.8 Å². The van der Waals surface area contributed by atoms with Gasteiger partial charge in [0, 0.05) is 0 Å². The third-order valence-corrected chi connectivity index (χ3v) is 4.33. The molecule has 0 aliphatic heterocycles. The van der Waals surface area contributed by atoms with Gasteiger partial charge in [0.1, 0.15) is 16.7 Å². The van der Waals surface area contributed by atoms with E-state index in [0.717, 1.165) is 0 Å². The van der Waals surface area contributed by atoms with Gasteiger partial charge in [-0.1, -0.05) is 12.1 Å². The van der Waals surface area contributed by atoms with E-state index < -0.39 is 7.60 Å². The predicted molar refractivity (Wildman–Crippen MR) is 77.3 cm³/mol. The number of para-hydroxylation sites is 1. The van der Waals surface area contributed by atoms with Gasteiger partial charge in [-0.2, -0.15) is 0 Å². The molecular weight excluding hydrogens is 263 g/mol. The summed E-state index contributed by atoms with van der Waals surface area (Å²) >= 11 is 0. The molecule has 0 heterocycles. The Bertz CT molecular complexity index is 441. The summed E-state index contributed by atoms with van der Waals surface area (Å²) in [5.41, 5.74) is -0.376. The molecule has 1 rings (SSSR count).